The van der Waals surface area contributed by atoms with Crippen molar-refractivity contribution in [1.82, 2.24) is 15.5 Å². The molecule has 0 amide bonds. The molecule has 0 aliphatic heterocycles. The molecule has 2 rings (SSSR count). The van der Waals surface area contributed by atoms with E-state index in [1.807, 2.05) is 26.1 Å². The van der Waals surface area contributed by atoms with Crippen LogP contribution in [-0.2, 0) is 0 Å². The molecule has 6 nitrogen and oxygen atoms in total. The lowest BCUT2D eigenvalue weighted by Gasteiger charge is -2.19. The Hall–Kier alpha value is -2.21. The van der Waals surface area contributed by atoms with E-state index in [4.69, 9.17) is 0 Å². The number of nitrogens with one attached hydrogen (secondary N) is 2. The van der Waals surface area contributed by atoms with Gasteiger partial charge in [0.1, 0.15) is 0 Å². The summed E-state index contributed by atoms with van der Waals surface area (Å²) in [5.74, 6) is 0. The summed E-state index contributed by atoms with van der Waals surface area (Å²) in [6.07, 6.45) is 3.55. The van der Waals surface area contributed by atoms with E-state index in [1.54, 1.807) is 18.3 Å². The summed E-state index contributed by atoms with van der Waals surface area (Å²) in [5, 5.41) is 21.0. The molecule has 19 heavy (non-hydrogen) atoms. The molecule has 2 N–H and O–H groups in total. The fraction of sp³-hybridized carbons (Fsp3) is 0.308. The van der Waals surface area contributed by atoms with Crippen molar-refractivity contribution in [2.45, 2.75) is 25.9 Å². The molecule has 0 aliphatic rings. The standard InChI is InChI=1S/C13H16N4O2/c1-9(11-7-14-15-8-11)16-10(2)12-5-3-4-6-13(12)17(18)19/h3-10,16H,1-2H3,(H,14,15). The smallest absolute Gasteiger partial charge is 0.274 e. The van der Waals surface area contributed by atoms with Gasteiger partial charge in [-0.05, 0) is 13.8 Å². The molecule has 0 saturated carbocycles. The zero-order valence-corrected chi connectivity index (χ0v) is 10.8. The maximum atomic E-state index is 11.0. The van der Waals surface area contributed by atoms with Crippen LogP contribution in [0, 0.1) is 10.1 Å². The van der Waals surface area contributed by atoms with Gasteiger partial charge in [0.25, 0.3) is 5.69 Å². The molecule has 2 unspecified atom stereocenters. The summed E-state index contributed by atoms with van der Waals surface area (Å²) in [7, 11) is 0. The molecule has 0 saturated heterocycles. The largest absolute Gasteiger partial charge is 0.303 e. The highest BCUT2D eigenvalue weighted by Crippen LogP contribution is 2.26. The monoisotopic (exact) mass is 260 g/mol. The van der Waals surface area contributed by atoms with Gasteiger partial charge in [0.2, 0.25) is 0 Å². The van der Waals surface area contributed by atoms with Crippen molar-refractivity contribution >= 4 is 5.69 Å². The van der Waals surface area contributed by atoms with Crippen LogP contribution in [0.2, 0.25) is 0 Å². The Bertz CT molecular complexity index is 554. The van der Waals surface area contributed by atoms with Crippen LogP contribution < -0.4 is 5.32 Å². The maximum absolute atomic E-state index is 11.0. The molecular weight excluding hydrogens is 244 g/mol. The third-order valence-corrected chi connectivity index (χ3v) is 3.12. The SMILES string of the molecule is CC(NC(C)c1ccccc1[N+](=O)[O-])c1cn[nH]c1. The van der Waals surface area contributed by atoms with Gasteiger partial charge in [-0.1, -0.05) is 18.2 Å². The average molecular weight is 260 g/mol. The minimum absolute atomic E-state index is 0.0635. The molecule has 0 spiro atoms. The van der Waals surface area contributed by atoms with Crippen LogP contribution in [0.1, 0.15) is 37.1 Å². The number of aromatic amines is 1. The molecular formula is C13H16N4O2. The number of benzene rings is 1. The van der Waals surface area contributed by atoms with E-state index in [0.29, 0.717) is 5.56 Å². The Morgan fingerprint density at radius 3 is 2.68 bits per heavy atom. The number of hydrogen-bond acceptors (Lipinski definition) is 4. The van der Waals surface area contributed by atoms with Gasteiger partial charge in [-0.3, -0.25) is 15.2 Å². The van der Waals surface area contributed by atoms with Crippen LogP contribution in [-0.4, -0.2) is 15.1 Å². The molecule has 0 radical (unpaired) electrons. The predicted molar refractivity (Wildman–Crippen MR) is 71.6 cm³/mol. The predicted octanol–water partition coefficient (Wildman–Crippen LogP) is 2.73. The fourth-order valence-electron chi connectivity index (χ4n) is 2.08. The van der Waals surface area contributed by atoms with Gasteiger partial charge in [0, 0.05) is 35.5 Å². The molecule has 100 valence electrons. The minimum atomic E-state index is -0.351. The third-order valence-electron chi connectivity index (χ3n) is 3.12. The van der Waals surface area contributed by atoms with Crippen molar-refractivity contribution in [3.05, 3.63) is 57.9 Å². The molecule has 0 fully saturated rings. The van der Waals surface area contributed by atoms with E-state index in [9.17, 15) is 10.1 Å². The zero-order chi connectivity index (χ0) is 13.8. The minimum Gasteiger partial charge on any atom is -0.303 e. The lowest BCUT2D eigenvalue weighted by atomic mass is 10.0. The Kier molecular flexibility index (Phi) is 3.91. The van der Waals surface area contributed by atoms with Gasteiger partial charge >= 0.3 is 0 Å². The first kappa shape index (κ1) is 13.2. The molecule has 1 aromatic heterocycles. The number of nitro groups is 1. The van der Waals surface area contributed by atoms with E-state index in [1.165, 1.54) is 6.07 Å². The number of aromatic nitrogens is 2. The molecule has 2 aromatic rings. The van der Waals surface area contributed by atoms with Gasteiger partial charge in [-0.2, -0.15) is 5.10 Å². The second-order valence-corrected chi connectivity index (χ2v) is 4.46. The van der Waals surface area contributed by atoms with Crippen molar-refractivity contribution in [2.75, 3.05) is 0 Å². The summed E-state index contributed by atoms with van der Waals surface area (Å²) in [4.78, 5) is 10.7. The van der Waals surface area contributed by atoms with Crippen molar-refractivity contribution in [1.29, 1.82) is 0 Å². The summed E-state index contributed by atoms with van der Waals surface area (Å²) < 4.78 is 0. The molecule has 1 aromatic carbocycles. The molecule has 0 aliphatic carbocycles. The van der Waals surface area contributed by atoms with E-state index in [-0.39, 0.29) is 22.7 Å². The Balaban J connectivity index is 2.16. The van der Waals surface area contributed by atoms with Crippen molar-refractivity contribution < 1.29 is 4.92 Å². The van der Waals surface area contributed by atoms with Crippen LogP contribution in [0.15, 0.2) is 36.7 Å². The number of para-hydroxylation sites is 1. The first-order chi connectivity index (χ1) is 9.09. The van der Waals surface area contributed by atoms with Crippen LogP contribution >= 0.6 is 0 Å². The number of nitrogens with zero attached hydrogens (tertiary/aromatic N) is 2. The van der Waals surface area contributed by atoms with Crippen molar-refractivity contribution in [3.63, 3.8) is 0 Å². The maximum Gasteiger partial charge on any atom is 0.274 e. The quantitative estimate of drug-likeness (QED) is 0.639. The lowest BCUT2D eigenvalue weighted by molar-refractivity contribution is -0.385. The van der Waals surface area contributed by atoms with Gasteiger partial charge in [-0.15, -0.1) is 0 Å². The molecule has 6 heteroatoms. The van der Waals surface area contributed by atoms with Crippen molar-refractivity contribution in [2.24, 2.45) is 0 Å². The van der Waals surface area contributed by atoms with Crippen LogP contribution in [0.25, 0.3) is 0 Å². The highest BCUT2D eigenvalue weighted by atomic mass is 16.6. The van der Waals surface area contributed by atoms with E-state index >= 15 is 0 Å². The second-order valence-electron chi connectivity index (χ2n) is 4.46. The Morgan fingerprint density at radius 1 is 1.32 bits per heavy atom. The van der Waals surface area contributed by atoms with Crippen molar-refractivity contribution in [3.8, 4) is 0 Å². The Labute approximate surface area is 111 Å². The normalized spacial score (nSPS) is 14.0. The highest BCUT2D eigenvalue weighted by molar-refractivity contribution is 5.41. The van der Waals surface area contributed by atoms with Gasteiger partial charge in [0.05, 0.1) is 11.1 Å². The highest BCUT2D eigenvalue weighted by Gasteiger charge is 2.19. The molecule has 1 heterocycles. The second kappa shape index (κ2) is 5.62. The molecule has 2 atom stereocenters. The molecule has 0 bridgehead atoms. The van der Waals surface area contributed by atoms with Gasteiger partial charge in [-0.25, -0.2) is 0 Å². The van der Waals surface area contributed by atoms with E-state index < -0.39 is 0 Å². The summed E-state index contributed by atoms with van der Waals surface area (Å²) >= 11 is 0. The van der Waals surface area contributed by atoms with Crippen LogP contribution in [0.3, 0.4) is 0 Å². The lowest BCUT2D eigenvalue weighted by Crippen LogP contribution is -2.22. The average Bonchev–Trinajstić information content (AvgIpc) is 2.92. The summed E-state index contributed by atoms with van der Waals surface area (Å²) in [6.45, 7) is 3.91. The number of rotatable bonds is 5. The van der Waals surface area contributed by atoms with Crippen LogP contribution in [0.4, 0.5) is 5.69 Å². The third kappa shape index (κ3) is 2.97. The van der Waals surface area contributed by atoms with E-state index in [0.717, 1.165) is 5.56 Å². The van der Waals surface area contributed by atoms with Gasteiger partial charge < -0.3 is 5.32 Å². The fourth-order valence-corrected chi connectivity index (χ4v) is 2.08. The van der Waals surface area contributed by atoms with Gasteiger partial charge in [0.15, 0.2) is 0 Å². The van der Waals surface area contributed by atoms with Crippen LogP contribution in [0.5, 0.6) is 0 Å². The van der Waals surface area contributed by atoms with E-state index in [2.05, 4.69) is 15.5 Å². The number of nitro benzene ring substituents is 1. The Morgan fingerprint density at radius 2 is 2.05 bits per heavy atom. The number of hydrogen-bond donors (Lipinski definition) is 2. The topological polar surface area (TPSA) is 83.8 Å². The first-order valence-electron chi connectivity index (χ1n) is 6.07. The first-order valence-corrected chi connectivity index (χ1v) is 6.07. The zero-order valence-electron chi connectivity index (χ0n) is 10.8. The summed E-state index contributed by atoms with van der Waals surface area (Å²) in [6, 6.07) is 6.73. The summed E-state index contributed by atoms with van der Waals surface area (Å²) in [5.41, 5.74) is 1.84. The number of H-pyrrole nitrogens is 1.